The molecule has 13 heteroatoms. The summed E-state index contributed by atoms with van der Waals surface area (Å²) in [4.78, 5) is 20.2. The van der Waals surface area contributed by atoms with E-state index in [0.717, 1.165) is 54.5 Å². The lowest BCUT2D eigenvalue weighted by Crippen LogP contribution is -2.54. The van der Waals surface area contributed by atoms with E-state index in [9.17, 15) is 0 Å². The van der Waals surface area contributed by atoms with Crippen molar-refractivity contribution in [3.8, 4) is 0 Å². The molecule has 10 nitrogen and oxygen atoms in total. The molecule has 4 aromatic rings. The maximum Gasteiger partial charge on any atom is 0.214 e. The fourth-order valence-corrected chi connectivity index (χ4v) is 11.1. The van der Waals surface area contributed by atoms with Crippen molar-refractivity contribution < 1.29 is 18.0 Å². The first-order chi connectivity index (χ1) is 26.4. The van der Waals surface area contributed by atoms with Gasteiger partial charge in [-0.3, -0.25) is 4.57 Å². The van der Waals surface area contributed by atoms with Gasteiger partial charge in [-0.2, -0.15) is 0 Å². The number of imidazole rings is 1. The van der Waals surface area contributed by atoms with Gasteiger partial charge in [0.25, 0.3) is 0 Å². The smallest absolute Gasteiger partial charge is 0.214 e. The van der Waals surface area contributed by atoms with E-state index in [2.05, 4.69) is 164 Å². The monoisotopic (exact) mass is 828 g/mol. The molecule has 0 bridgehead atoms. The van der Waals surface area contributed by atoms with Crippen LogP contribution in [0, 0.1) is 0 Å². The molecule has 0 amide bonds. The maximum absolute atomic E-state index is 7.66. The highest BCUT2D eigenvalue weighted by Crippen LogP contribution is 2.49. The van der Waals surface area contributed by atoms with E-state index in [4.69, 9.17) is 33.0 Å². The maximum atomic E-state index is 7.66. The van der Waals surface area contributed by atoms with Crippen LogP contribution in [0.3, 0.4) is 0 Å². The predicted octanol–water partition coefficient (Wildman–Crippen LogP) is 10.9. The van der Waals surface area contributed by atoms with Crippen LogP contribution in [0.5, 0.6) is 0 Å². The Labute approximate surface area is 345 Å². The van der Waals surface area contributed by atoms with Crippen molar-refractivity contribution in [1.29, 1.82) is 0 Å². The highest BCUT2D eigenvalue weighted by Gasteiger charge is 2.56. The molecule has 1 fully saturated rings. The second-order valence-electron chi connectivity index (χ2n) is 21.0. The molecule has 0 unspecified atom stereocenters. The summed E-state index contributed by atoms with van der Waals surface area (Å²) in [6.07, 6.45) is 1.77. The van der Waals surface area contributed by atoms with Crippen LogP contribution in [0.25, 0.3) is 11.2 Å². The third-order valence-electron chi connectivity index (χ3n) is 14.1. The van der Waals surface area contributed by atoms with Gasteiger partial charge in [-0.1, -0.05) is 98.7 Å². The molecule has 4 atom stereocenters. The third kappa shape index (κ3) is 7.70. The second-order valence-corrected chi connectivity index (χ2v) is 35.4. The Morgan fingerprint density at radius 1 is 0.667 bits per heavy atom. The van der Waals surface area contributed by atoms with Gasteiger partial charge < -0.3 is 27.8 Å². The Kier molecular flexibility index (Phi) is 10.9. The summed E-state index contributed by atoms with van der Waals surface area (Å²) in [7, 11) is -6.94. The molecule has 0 spiro atoms. The minimum atomic E-state index is -2.42. The number of hydrogen-bond donors (Lipinski definition) is 0. The van der Waals surface area contributed by atoms with Crippen molar-refractivity contribution in [1.82, 2.24) is 19.5 Å². The van der Waals surface area contributed by atoms with E-state index in [1.807, 2.05) is 0 Å². The van der Waals surface area contributed by atoms with Crippen molar-refractivity contribution in [3.63, 3.8) is 0 Å². The average Bonchev–Trinajstić information content (AvgIpc) is 3.89. The first-order valence-electron chi connectivity index (χ1n) is 21.0. The highest BCUT2D eigenvalue weighted by molar-refractivity contribution is 6.75. The van der Waals surface area contributed by atoms with Gasteiger partial charge in [0.1, 0.15) is 24.6 Å². The number of ether oxygens (including phenoxy) is 1. The molecule has 7 rings (SSSR count). The first-order valence-corrected chi connectivity index (χ1v) is 29.7. The van der Waals surface area contributed by atoms with Crippen LogP contribution in [0.1, 0.15) is 79.7 Å². The number of para-hydroxylation sites is 2. The summed E-state index contributed by atoms with van der Waals surface area (Å²) < 4.78 is 32.0. The standard InChI is InChI=1S/C44H68N6O4Si3/c1-42(2,3)55(10,11)51-28-34-36(53-56(12,13)43(4,5)6)37(54-57(14,15)44(7,8)9)40(52-34)50-39-35(47-41(50)49-27-25-31-21-17-19-23-33(31)49)38(45-29-46-39)48-26-24-30-20-16-18-22-32(30)48/h16-23,29,34,36-37,40H,24-28H2,1-15H3/t34-,36-,37-,40-/m1/s1. The lowest BCUT2D eigenvalue weighted by molar-refractivity contribution is -0.0462. The van der Waals surface area contributed by atoms with Crippen LogP contribution in [-0.4, -0.2) is 82.5 Å². The summed E-state index contributed by atoms with van der Waals surface area (Å²) in [6, 6.07) is 17.3. The zero-order chi connectivity index (χ0) is 41.5. The van der Waals surface area contributed by atoms with Gasteiger partial charge in [0, 0.05) is 24.5 Å². The van der Waals surface area contributed by atoms with Crippen molar-refractivity contribution >= 4 is 59.3 Å². The SMILES string of the molecule is CC(C)(C)[Si](C)(C)OC[C@H]1O[C@@H](n2c(N3CCc4ccccc43)nc3c(N4CCc5ccccc54)ncnc32)[C@H](O[Si](C)(C)C(C)(C)C)[C@@H]1O[Si](C)(C)C(C)(C)C. The second kappa shape index (κ2) is 14.7. The average molecular weight is 829 g/mol. The van der Waals surface area contributed by atoms with Crippen LogP contribution in [0.4, 0.5) is 23.1 Å². The lowest BCUT2D eigenvalue weighted by Gasteiger charge is -2.44. The Morgan fingerprint density at radius 2 is 1.18 bits per heavy atom. The largest absolute Gasteiger partial charge is 0.414 e. The van der Waals surface area contributed by atoms with Crippen LogP contribution in [-0.2, 0) is 30.9 Å². The van der Waals surface area contributed by atoms with E-state index in [-0.39, 0.29) is 27.3 Å². The quantitative estimate of drug-likeness (QED) is 0.145. The van der Waals surface area contributed by atoms with Gasteiger partial charge in [-0.25, -0.2) is 15.0 Å². The zero-order valence-electron chi connectivity index (χ0n) is 37.4. The number of rotatable bonds is 10. The number of anilines is 4. The number of nitrogens with zero attached hydrogens (tertiary/aromatic N) is 6. The minimum absolute atomic E-state index is 0.0300. The number of hydrogen-bond acceptors (Lipinski definition) is 9. The van der Waals surface area contributed by atoms with Crippen LogP contribution < -0.4 is 9.80 Å². The van der Waals surface area contributed by atoms with Gasteiger partial charge in [0.05, 0.1) is 6.61 Å². The number of fused-ring (bicyclic) bond motifs is 3. The minimum Gasteiger partial charge on any atom is -0.414 e. The first kappa shape index (κ1) is 42.2. The predicted molar refractivity (Wildman–Crippen MR) is 241 cm³/mol. The Bertz CT molecular complexity index is 2100. The van der Waals surface area contributed by atoms with Crippen molar-refractivity contribution in [2.45, 2.75) is 154 Å². The summed E-state index contributed by atoms with van der Waals surface area (Å²) in [6.45, 7) is 36.7. The molecule has 3 aliphatic heterocycles. The van der Waals surface area contributed by atoms with Crippen LogP contribution >= 0.6 is 0 Å². The van der Waals surface area contributed by atoms with Gasteiger partial charge in [0.2, 0.25) is 5.95 Å². The number of aromatic nitrogens is 4. The Hall–Kier alpha value is -2.92. The molecular formula is C44H68N6O4Si3. The molecule has 0 saturated carbocycles. The topological polar surface area (TPSA) is 87.0 Å². The molecular weight excluding hydrogens is 761 g/mol. The Balaban J connectivity index is 1.45. The van der Waals surface area contributed by atoms with Crippen molar-refractivity contribution in [3.05, 3.63) is 66.0 Å². The molecule has 3 aliphatic rings. The molecule has 5 heterocycles. The molecule has 2 aromatic carbocycles. The molecule has 0 N–H and O–H groups in total. The molecule has 0 aliphatic carbocycles. The Morgan fingerprint density at radius 3 is 1.74 bits per heavy atom. The summed E-state index contributed by atoms with van der Waals surface area (Å²) in [5, 5.41) is -0.0467. The molecule has 1 saturated heterocycles. The van der Waals surface area contributed by atoms with E-state index >= 15 is 0 Å². The lowest BCUT2D eigenvalue weighted by atomic mass is 10.1. The van der Waals surface area contributed by atoms with Crippen molar-refractivity contribution in [2.24, 2.45) is 0 Å². The zero-order valence-corrected chi connectivity index (χ0v) is 40.4. The van der Waals surface area contributed by atoms with Gasteiger partial charge in [-0.05, 0) is 90.5 Å². The molecule has 310 valence electrons. The van der Waals surface area contributed by atoms with Gasteiger partial charge in [0.15, 0.2) is 48.2 Å². The highest BCUT2D eigenvalue weighted by atomic mass is 28.4. The van der Waals surface area contributed by atoms with Gasteiger partial charge >= 0.3 is 0 Å². The van der Waals surface area contributed by atoms with Gasteiger partial charge in [-0.15, -0.1) is 0 Å². The van der Waals surface area contributed by atoms with E-state index < -0.39 is 37.3 Å². The van der Waals surface area contributed by atoms with E-state index in [0.29, 0.717) is 6.61 Å². The molecule has 57 heavy (non-hydrogen) atoms. The third-order valence-corrected chi connectivity index (χ3v) is 27.6. The fourth-order valence-electron chi connectivity index (χ4n) is 7.47. The summed E-state index contributed by atoms with van der Waals surface area (Å²) in [5.41, 5.74) is 6.43. The molecule has 2 aromatic heterocycles. The fraction of sp³-hybridized carbons (Fsp3) is 0.614. The van der Waals surface area contributed by atoms with Crippen LogP contribution in [0.15, 0.2) is 54.9 Å². The normalized spacial score (nSPS) is 22.2. The van der Waals surface area contributed by atoms with Crippen molar-refractivity contribution in [2.75, 3.05) is 29.5 Å². The summed E-state index contributed by atoms with van der Waals surface area (Å²) >= 11 is 0. The van der Waals surface area contributed by atoms with E-state index in [1.54, 1.807) is 6.33 Å². The molecule has 0 radical (unpaired) electrons. The summed E-state index contributed by atoms with van der Waals surface area (Å²) in [5.74, 6) is 1.60. The number of benzene rings is 2. The van der Waals surface area contributed by atoms with E-state index in [1.165, 1.54) is 16.8 Å². The van der Waals surface area contributed by atoms with Crippen LogP contribution in [0.2, 0.25) is 54.4 Å².